The SMILES string of the molecule is CC(CN)Cc1nc2ccccc2n1C. The van der Waals surface area contributed by atoms with E-state index in [-0.39, 0.29) is 0 Å². The predicted octanol–water partition coefficient (Wildman–Crippen LogP) is 1.71. The van der Waals surface area contributed by atoms with E-state index in [1.165, 1.54) is 5.52 Å². The van der Waals surface area contributed by atoms with E-state index in [1.54, 1.807) is 0 Å². The highest BCUT2D eigenvalue weighted by molar-refractivity contribution is 5.75. The van der Waals surface area contributed by atoms with Crippen molar-refractivity contribution in [1.82, 2.24) is 9.55 Å². The topological polar surface area (TPSA) is 43.8 Å². The van der Waals surface area contributed by atoms with Crippen molar-refractivity contribution in [3.05, 3.63) is 30.1 Å². The van der Waals surface area contributed by atoms with Crippen molar-refractivity contribution in [3.63, 3.8) is 0 Å². The van der Waals surface area contributed by atoms with Crippen molar-refractivity contribution in [3.8, 4) is 0 Å². The van der Waals surface area contributed by atoms with Gasteiger partial charge in [-0.15, -0.1) is 0 Å². The van der Waals surface area contributed by atoms with Crippen molar-refractivity contribution in [2.75, 3.05) is 6.54 Å². The highest BCUT2D eigenvalue weighted by Gasteiger charge is 2.09. The molecule has 1 aromatic carbocycles. The van der Waals surface area contributed by atoms with Crippen molar-refractivity contribution in [2.24, 2.45) is 18.7 Å². The summed E-state index contributed by atoms with van der Waals surface area (Å²) in [4.78, 5) is 4.61. The van der Waals surface area contributed by atoms with Gasteiger partial charge in [-0.25, -0.2) is 4.98 Å². The number of hydrogen-bond donors (Lipinski definition) is 1. The minimum absolute atomic E-state index is 0.487. The summed E-state index contributed by atoms with van der Waals surface area (Å²) in [5.41, 5.74) is 7.89. The van der Waals surface area contributed by atoms with Crippen molar-refractivity contribution < 1.29 is 0 Å². The van der Waals surface area contributed by atoms with E-state index in [2.05, 4.69) is 29.6 Å². The Hall–Kier alpha value is -1.35. The fourth-order valence-corrected chi connectivity index (χ4v) is 1.77. The highest BCUT2D eigenvalue weighted by atomic mass is 15.1. The molecule has 0 saturated heterocycles. The van der Waals surface area contributed by atoms with E-state index in [4.69, 9.17) is 5.73 Å². The van der Waals surface area contributed by atoms with Gasteiger partial charge >= 0.3 is 0 Å². The van der Waals surface area contributed by atoms with Crippen LogP contribution in [0.25, 0.3) is 11.0 Å². The molecule has 2 N–H and O–H groups in total. The van der Waals surface area contributed by atoms with Crippen LogP contribution in [0.5, 0.6) is 0 Å². The first kappa shape index (κ1) is 10.2. The molecule has 1 aromatic heterocycles. The summed E-state index contributed by atoms with van der Waals surface area (Å²) in [6.45, 7) is 2.86. The number of aryl methyl sites for hydroxylation is 1. The molecule has 2 aromatic rings. The van der Waals surface area contributed by atoms with Crippen LogP contribution >= 0.6 is 0 Å². The summed E-state index contributed by atoms with van der Waals surface area (Å²) < 4.78 is 2.15. The molecule has 1 heterocycles. The van der Waals surface area contributed by atoms with Crippen molar-refractivity contribution in [1.29, 1.82) is 0 Å². The second kappa shape index (κ2) is 4.03. The van der Waals surface area contributed by atoms with Gasteiger partial charge in [0, 0.05) is 13.5 Å². The molecule has 0 saturated carbocycles. The maximum Gasteiger partial charge on any atom is 0.109 e. The van der Waals surface area contributed by atoms with Gasteiger partial charge in [0.25, 0.3) is 0 Å². The number of para-hydroxylation sites is 2. The summed E-state index contributed by atoms with van der Waals surface area (Å²) >= 11 is 0. The zero-order valence-electron chi connectivity index (χ0n) is 9.27. The Kier molecular flexibility index (Phi) is 2.73. The maximum atomic E-state index is 5.63. The van der Waals surface area contributed by atoms with Crippen molar-refractivity contribution in [2.45, 2.75) is 13.3 Å². The fraction of sp³-hybridized carbons (Fsp3) is 0.417. The van der Waals surface area contributed by atoms with Gasteiger partial charge in [-0.2, -0.15) is 0 Å². The van der Waals surface area contributed by atoms with Crippen LogP contribution in [-0.2, 0) is 13.5 Å². The summed E-state index contributed by atoms with van der Waals surface area (Å²) in [6.07, 6.45) is 0.946. The molecular weight excluding hydrogens is 186 g/mol. The number of benzene rings is 1. The number of aromatic nitrogens is 2. The van der Waals surface area contributed by atoms with Gasteiger partial charge in [-0.1, -0.05) is 19.1 Å². The van der Waals surface area contributed by atoms with E-state index in [1.807, 2.05) is 18.2 Å². The molecule has 0 amide bonds. The number of fused-ring (bicyclic) bond motifs is 1. The Morgan fingerprint density at radius 3 is 2.80 bits per heavy atom. The van der Waals surface area contributed by atoms with Crippen molar-refractivity contribution >= 4 is 11.0 Å². The summed E-state index contributed by atoms with van der Waals surface area (Å²) in [5.74, 6) is 1.61. The van der Waals surface area contributed by atoms with Gasteiger partial charge in [-0.05, 0) is 24.6 Å². The molecule has 80 valence electrons. The van der Waals surface area contributed by atoms with E-state index < -0.39 is 0 Å². The summed E-state index contributed by atoms with van der Waals surface area (Å²) in [7, 11) is 2.06. The lowest BCUT2D eigenvalue weighted by Gasteiger charge is -2.07. The molecule has 0 fully saturated rings. The average molecular weight is 203 g/mol. The monoisotopic (exact) mass is 203 g/mol. The number of imidazole rings is 1. The van der Waals surface area contributed by atoms with Crippen LogP contribution in [0.4, 0.5) is 0 Å². The first-order valence-corrected chi connectivity index (χ1v) is 5.32. The van der Waals surface area contributed by atoms with Crippen LogP contribution in [0.3, 0.4) is 0 Å². The number of hydrogen-bond acceptors (Lipinski definition) is 2. The third-order valence-corrected chi connectivity index (χ3v) is 2.81. The Balaban J connectivity index is 2.40. The van der Waals surface area contributed by atoms with Crippen LogP contribution in [0.1, 0.15) is 12.7 Å². The Morgan fingerprint density at radius 2 is 2.13 bits per heavy atom. The first-order chi connectivity index (χ1) is 7.22. The minimum atomic E-state index is 0.487. The molecule has 1 atom stereocenters. The third-order valence-electron chi connectivity index (χ3n) is 2.81. The van der Waals surface area contributed by atoms with Crippen LogP contribution in [0.15, 0.2) is 24.3 Å². The second-order valence-corrected chi connectivity index (χ2v) is 4.12. The molecule has 0 aliphatic carbocycles. The van der Waals surface area contributed by atoms with Crippen LogP contribution < -0.4 is 5.73 Å². The fourth-order valence-electron chi connectivity index (χ4n) is 1.77. The number of rotatable bonds is 3. The standard InChI is InChI=1S/C12H17N3/c1-9(8-13)7-12-14-10-5-3-4-6-11(10)15(12)2/h3-6,9H,7-8,13H2,1-2H3. The largest absolute Gasteiger partial charge is 0.331 e. The molecule has 15 heavy (non-hydrogen) atoms. The smallest absolute Gasteiger partial charge is 0.109 e. The number of nitrogens with two attached hydrogens (primary N) is 1. The van der Waals surface area contributed by atoms with Gasteiger partial charge in [0.2, 0.25) is 0 Å². The van der Waals surface area contributed by atoms with Gasteiger partial charge < -0.3 is 10.3 Å². The van der Waals surface area contributed by atoms with Gasteiger partial charge in [0.15, 0.2) is 0 Å². The third kappa shape index (κ3) is 1.88. The zero-order chi connectivity index (χ0) is 10.8. The Morgan fingerprint density at radius 1 is 1.40 bits per heavy atom. The molecule has 0 spiro atoms. The Bertz CT molecular complexity index is 459. The molecule has 0 aliphatic rings. The Labute approximate surface area is 89.9 Å². The molecule has 2 rings (SSSR count). The number of nitrogens with zero attached hydrogens (tertiary/aromatic N) is 2. The quantitative estimate of drug-likeness (QED) is 0.825. The lowest BCUT2D eigenvalue weighted by atomic mass is 10.1. The van der Waals surface area contributed by atoms with Gasteiger partial charge in [-0.3, -0.25) is 0 Å². The highest BCUT2D eigenvalue weighted by Crippen LogP contribution is 2.16. The molecule has 0 bridgehead atoms. The molecule has 0 aliphatic heterocycles. The average Bonchev–Trinajstić information content (AvgIpc) is 2.57. The molecule has 3 nitrogen and oxygen atoms in total. The predicted molar refractivity (Wildman–Crippen MR) is 62.6 cm³/mol. The van der Waals surface area contributed by atoms with Gasteiger partial charge in [0.05, 0.1) is 11.0 Å². The van der Waals surface area contributed by atoms with E-state index in [0.29, 0.717) is 12.5 Å². The maximum absolute atomic E-state index is 5.63. The minimum Gasteiger partial charge on any atom is -0.331 e. The molecular formula is C12H17N3. The second-order valence-electron chi connectivity index (χ2n) is 4.12. The molecule has 0 radical (unpaired) electrons. The lowest BCUT2D eigenvalue weighted by Crippen LogP contribution is -2.15. The molecule has 1 unspecified atom stereocenters. The van der Waals surface area contributed by atoms with Crippen LogP contribution in [0, 0.1) is 5.92 Å². The summed E-state index contributed by atoms with van der Waals surface area (Å²) in [5, 5.41) is 0. The zero-order valence-corrected chi connectivity index (χ0v) is 9.27. The van der Waals surface area contributed by atoms with Gasteiger partial charge in [0.1, 0.15) is 5.82 Å². The molecule has 3 heteroatoms. The summed E-state index contributed by atoms with van der Waals surface area (Å²) in [6, 6.07) is 8.20. The normalized spacial score (nSPS) is 13.3. The first-order valence-electron chi connectivity index (χ1n) is 5.32. The van der Waals surface area contributed by atoms with E-state index in [0.717, 1.165) is 17.8 Å². The van der Waals surface area contributed by atoms with Crippen LogP contribution in [-0.4, -0.2) is 16.1 Å². The van der Waals surface area contributed by atoms with E-state index in [9.17, 15) is 0 Å². The lowest BCUT2D eigenvalue weighted by molar-refractivity contribution is 0.563. The van der Waals surface area contributed by atoms with E-state index >= 15 is 0 Å². The van der Waals surface area contributed by atoms with Crippen LogP contribution in [0.2, 0.25) is 0 Å².